The van der Waals surface area contributed by atoms with Crippen LogP contribution in [0, 0.1) is 5.92 Å². The van der Waals surface area contributed by atoms with Gasteiger partial charge in [-0.05, 0) is 19.8 Å². The number of halogens is 1. The van der Waals surface area contributed by atoms with E-state index < -0.39 is 0 Å². The molecule has 0 aromatic rings. The van der Waals surface area contributed by atoms with Crippen molar-refractivity contribution >= 4 is 21.8 Å². The van der Waals surface area contributed by atoms with E-state index in [9.17, 15) is 4.79 Å². The molecule has 1 heterocycles. The van der Waals surface area contributed by atoms with Gasteiger partial charge < -0.3 is 14.4 Å². The molecule has 0 radical (unpaired) electrons. The third kappa shape index (κ3) is 4.94. The minimum absolute atomic E-state index is 0.180. The predicted molar refractivity (Wildman–Crippen MR) is 70.1 cm³/mol. The maximum absolute atomic E-state index is 11.7. The van der Waals surface area contributed by atoms with E-state index in [1.165, 1.54) is 0 Å². The maximum atomic E-state index is 11.7. The van der Waals surface area contributed by atoms with Crippen molar-refractivity contribution in [3.8, 4) is 0 Å². The van der Waals surface area contributed by atoms with Crippen LogP contribution in [-0.4, -0.2) is 48.7 Å². The zero-order valence-corrected chi connectivity index (χ0v) is 12.2. The number of amides is 1. The molecule has 0 saturated carbocycles. The maximum Gasteiger partial charge on any atom is 0.222 e. The predicted octanol–water partition coefficient (Wildman–Crippen LogP) is 2.02. The number of likely N-dealkylation sites (tertiary alicyclic amines) is 1. The molecular formula is C12H22BrNO3. The van der Waals surface area contributed by atoms with Gasteiger partial charge in [0, 0.05) is 44.5 Å². The van der Waals surface area contributed by atoms with E-state index in [2.05, 4.69) is 15.9 Å². The van der Waals surface area contributed by atoms with Gasteiger partial charge in [0.2, 0.25) is 5.91 Å². The largest absolute Gasteiger partial charge is 0.353 e. The molecule has 17 heavy (non-hydrogen) atoms. The van der Waals surface area contributed by atoms with E-state index in [1.54, 1.807) is 0 Å². The summed E-state index contributed by atoms with van der Waals surface area (Å²) in [7, 11) is 0. The van der Waals surface area contributed by atoms with Crippen LogP contribution in [0.15, 0.2) is 0 Å². The summed E-state index contributed by atoms with van der Waals surface area (Å²) in [4.78, 5) is 13.6. The zero-order chi connectivity index (χ0) is 12.7. The highest BCUT2D eigenvalue weighted by Crippen LogP contribution is 2.20. The van der Waals surface area contributed by atoms with Crippen molar-refractivity contribution in [2.24, 2.45) is 5.92 Å². The topological polar surface area (TPSA) is 38.8 Å². The normalized spacial score (nSPS) is 20.6. The van der Waals surface area contributed by atoms with Crippen LogP contribution < -0.4 is 0 Å². The Morgan fingerprint density at radius 1 is 1.41 bits per heavy atom. The molecule has 1 amide bonds. The van der Waals surface area contributed by atoms with Crippen molar-refractivity contribution < 1.29 is 14.3 Å². The van der Waals surface area contributed by atoms with Gasteiger partial charge in [-0.2, -0.15) is 0 Å². The highest BCUT2D eigenvalue weighted by atomic mass is 79.9. The third-order valence-corrected chi connectivity index (χ3v) is 3.77. The summed E-state index contributed by atoms with van der Waals surface area (Å²) in [5.41, 5.74) is 0. The Kier molecular flexibility index (Phi) is 7.08. The van der Waals surface area contributed by atoms with Crippen LogP contribution in [0.2, 0.25) is 0 Å². The van der Waals surface area contributed by atoms with Crippen molar-refractivity contribution in [1.29, 1.82) is 0 Å². The molecule has 1 saturated heterocycles. The monoisotopic (exact) mass is 307 g/mol. The van der Waals surface area contributed by atoms with Gasteiger partial charge >= 0.3 is 0 Å². The molecule has 1 aliphatic rings. The molecule has 100 valence electrons. The van der Waals surface area contributed by atoms with Gasteiger partial charge in [-0.1, -0.05) is 15.9 Å². The number of ether oxygens (including phenoxy) is 2. The van der Waals surface area contributed by atoms with E-state index in [-0.39, 0.29) is 12.2 Å². The molecule has 0 bridgehead atoms. The number of hydrogen-bond acceptors (Lipinski definition) is 3. The SMILES string of the molecule is CCOC(CCN1CC(CBr)CC1=O)OCC. The van der Waals surface area contributed by atoms with Crippen molar-refractivity contribution in [2.45, 2.75) is 33.0 Å². The summed E-state index contributed by atoms with van der Waals surface area (Å²) in [6, 6.07) is 0. The van der Waals surface area contributed by atoms with Crippen molar-refractivity contribution in [3.05, 3.63) is 0 Å². The van der Waals surface area contributed by atoms with Gasteiger partial charge in [0.15, 0.2) is 6.29 Å². The Bertz CT molecular complexity index is 232. The molecule has 0 aromatic carbocycles. The fourth-order valence-corrected chi connectivity index (χ4v) is 2.45. The lowest BCUT2D eigenvalue weighted by Gasteiger charge is -2.21. The van der Waals surface area contributed by atoms with Crippen LogP contribution in [0.5, 0.6) is 0 Å². The Hall–Kier alpha value is -0.130. The summed E-state index contributed by atoms with van der Waals surface area (Å²) >= 11 is 3.43. The molecule has 0 spiro atoms. The summed E-state index contributed by atoms with van der Waals surface area (Å²) in [5.74, 6) is 0.710. The van der Waals surface area contributed by atoms with Crippen LogP contribution in [0.3, 0.4) is 0 Å². The average molecular weight is 308 g/mol. The number of carbonyl (C=O) groups excluding carboxylic acids is 1. The molecule has 4 nitrogen and oxygen atoms in total. The van der Waals surface area contributed by atoms with Gasteiger partial charge in [0.1, 0.15) is 0 Å². The fourth-order valence-electron chi connectivity index (χ4n) is 2.02. The Morgan fingerprint density at radius 2 is 2.06 bits per heavy atom. The Morgan fingerprint density at radius 3 is 2.53 bits per heavy atom. The fraction of sp³-hybridized carbons (Fsp3) is 0.917. The van der Waals surface area contributed by atoms with E-state index in [0.29, 0.717) is 25.6 Å². The first-order valence-corrected chi connectivity index (χ1v) is 7.40. The van der Waals surface area contributed by atoms with E-state index >= 15 is 0 Å². The van der Waals surface area contributed by atoms with Crippen LogP contribution in [0.1, 0.15) is 26.7 Å². The molecule has 1 atom stereocenters. The van der Waals surface area contributed by atoms with Crippen LogP contribution >= 0.6 is 15.9 Å². The summed E-state index contributed by atoms with van der Waals surface area (Å²) in [6.07, 6.45) is 1.24. The molecule has 1 fully saturated rings. The second-order valence-corrected chi connectivity index (χ2v) is 4.84. The summed E-state index contributed by atoms with van der Waals surface area (Å²) in [6.45, 7) is 6.77. The van der Waals surface area contributed by atoms with Gasteiger partial charge in [0.25, 0.3) is 0 Å². The second kappa shape index (κ2) is 8.06. The average Bonchev–Trinajstić information content (AvgIpc) is 2.68. The summed E-state index contributed by atoms with van der Waals surface area (Å²) in [5, 5.41) is 0.898. The highest BCUT2D eigenvalue weighted by molar-refractivity contribution is 9.09. The van der Waals surface area contributed by atoms with Crippen molar-refractivity contribution in [3.63, 3.8) is 0 Å². The number of nitrogens with zero attached hydrogens (tertiary/aromatic N) is 1. The van der Waals surface area contributed by atoms with Gasteiger partial charge in [0.05, 0.1) is 0 Å². The minimum atomic E-state index is -0.180. The smallest absolute Gasteiger partial charge is 0.222 e. The standard InChI is InChI=1S/C12H22BrNO3/c1-3-16-12(17-4-2)5-6-14-9-10(8-13)7-11(14)15/h10,12H,3-9H2,1-2H3. The van der Waals surface area contributed by atoms with Crippen molar-refractivity contribution in [1.82, 2.24) is 4.90 Å². The van der Waals surface area contributed by atoms with Gasteiger partial charge in [-0.3, -0.25) is 4.79 Å². The van der Waals surface area contributed by atoms with E-state index in [0.717, 1.165) is 24.8 Å². The number of rotatable bonds is 8. The van der Waals surface area contributed by atoms with E-state index in [1.807, 2.05) is 18.7 Å². The number of hydrogen-bond donors (Lipinski definition) is 0. The first kappa shape index (κ1) is 14.9. The first-order valence-electron chi connectivity index (χ1n) is 6.28. The minimum Gasteiger partial charge on any atom is -0.353 e. The third-order valence-electron chi connectivity index (χ3n) is 2.85. The second-order valence-electron chi connectivity index (χ2n) is 4.19. The van der Waals surface area contributed by atoms with Crippen LogP contribution in [-0.2, 0) is 14.3 Å². The van der Waals surface area contributed by atoms with Crippen LogP contribution in [0.4, 0.5) is 0 Å². The van der Waals surface area contributed by atoms with Gasteiger partial charge in [-0.15, -0.1) is 0 Å². The molecular weight excluding hydrogens is 286 g/mol. The van der Waals surface area contributed by atoms with Gasteiger partial charge in [-0.25, -0.2) is 0 Å². The Labute approximate surface area is 112 Å². The quantitative estimate of drug-likeness (QED) is 0.509. The molecule has 5 heteroatoms. The summed E-state index contributed by atoms with van der Waals surface area (Å²) < 4.78 is 10.9. The molecule has 1 aliphatic heterocycles. The lowest BCUT2D eigenvalue weighted by Crippen LogP contribution is -2.30. The number of carbonyl (C=O) groups is 1. The lowest BCUT2D eigenvalue weighted by molar-refractivity contribution is -0.144. The van der Waals surface area contributed by atoms with Crippen LogP contribution in [0.25, 0.3) is 0 Å². The molecule has 0 N–H and O–H groups in total. The number of alkyl halides is 1. The lowest BCUT2D eigenvalue weighted by atomic mass is 10.2. The molecule has 1 unspecified atom stereocenters. The first-order chi connectivity index (χ1) is 8.21. The van der Waals surface area contributed by atoms with E-state index in [4.69, 9.17) is 9.47 Å². The van der Waals surface area contributed by atoms with Crippen molar-refractivity contribution in [2.75, 3.05) is 31.6 Å². The molecule has 0 aromatic heterocycles. The molecule has 0 aliphatic carbocycles. The zero-order valence-electron chi connectivity index (χ0n) is 10.7. The highest BCUT2D eigenvalue weighted by Gasteiger charge is 2.28. The Balaban J connectivity index is 2.30. The molecule has 1 rings (SSSR count).